The van der Waals surface area contributed by atoms with Gasteiger partial charge in [-0.15, -0.1) is 0 Å². The van der Waals surface area contributed by atoms with E-state index in [9.17, 15) is 0 Å². The average molecular weight is 186 g/mol. The quantitative estimate of drug-likeness (QED) is 0.683. The molecule has 0 heterocycles. The number of hydrogen-bond acceptors (Lipinski definition) is 3. The van der Waals surface area contributed by atoms with Crippen LogP contribution in [0.1, 0.15) is 26.2 Å². The Kier molecular flexibility index (Phi) is 4.16. The lowest BCUT2D eigenvalue weighted by molar-refractivity contribution is 0.0170. The summed E-state index contributed by atoms with van der Waals surface area (Å²) in [5.41, 5.74) is 11.6. The Bertz CT molecular complexity index is 148. The molecule has 0 saturated heterocycles. The molecule has 78 valence electrons. The Balaban J connectivity index is 2.49. The number of ether oxygens (including phenoxy) is 1. The van der Waals surface area contributed by atoms with Crippen molar-refractivity contribution in [1.29, 1.82) is 0 Å². The highest BCUT2D eigenvalue weighted by Gasteiger charge is 2.31. The van der Waals surface area contributed by atoms with Gasteiger partial charge in [-0.05, 0) is 31.1 Å². The molecule has 1 aliphatic carbocycles. The van der Waals surface area contributed by atoms with Crippen LogP contribution in [-0.2, 0) is 4.74 Å². The highest BCUT2D eigenvalue weighted by molar-refractivity contribution is 4.84. The Morgan fingerprint density at radius 3 is 2.62 bits per heavy atom. The van der Waals surface area contributed by atoms with Crippen LogP contribution in [0.4, 0.5) is 0 Å². The van der Waals surface area contributed by atoms with Gasteiger partial charge in [0.2, 0.25) is 0 Å². The van der Waals surface area contributed by atoms with Crippen LogP contribution in [0.15, 0.2) is 0 Å². The van der Waals surface area contributed by atoms with E-state index in [2.05, 4.69) is 6.92 Å². The van der Waals surface area contributed by atoms with Gasteiger partial charge in [0.15, 0.2) is 0 Å². The van der Waals surface area contributed by atoms with E-state index in [0.717, 1.165) is 19.3 Å². The second kappa shape index (κ2) is 4.94. The molecule has 4 unspecified atom stereocenters. The molecule has 0 aromatic rings. The molecule has 1 aliphatic rings. The monoisotopic (exact) mass is 186 g/mol. The van der Waals surface area contributed by atoms with Gasteiger partial charge in [-0.2, -0.15) is 0 Å². The van der Waals surface area contributed by atoms with Crippen LogP contribution in [0, 0.1) is 11.8 Å². The molecule has 0 aromatic heterocycles. The molecule has 13 heavy (non-hydrogen) atoms. The van der Waals surface area contributed by atoms with Gasteiger partial charge in [-0.25, -0.2) is 0 Å². The molecule has 3 heteroatoms. The lowest BCUT2D eigenvalue weighted by Crippen LogP contribution is -2.41. The third kappa shape index (κ3) is 2.66. The standard InChI is InChI=1S/C10H22N2O/c1-7-5-8(12)3-4-9(7)10(6-11)13-2/h7-10H,3-6,11-12H2,1-2H3. The Morgan fingerprint density at radius 2 is 2.15 bits per heavy atom. The van der Waals surface area contributed by atoms with Gasteiger partial charge in [0.25, 0.3) is 0 Å². The highest BCUT2D eigenvalue weighted by Crippen LogP contribution is 2.32. The molecule has 0 radical (unpaired) electrons. The van der Waals surface area contributed by atoms with Crippen LogP contribution < -0.4 is 11.5 Å². The first-order chi connectivity index (χ1) is 6.19. The van der Waals surface area contributed by atoms with Crippen molar-refractivity contribution in [3.63, 3.8) is 0 Å². The molecule has 4 N–H and O–H groups in total. The summed E-state index contributed by atoms with van der Waals surface area (Å²) in [6, 6.07) is 0.390. The van der Waals surface area contributed by atoms with E-state index >= 15 is 0 Å². The summed E-state index contributed by atoms with van der Waals surface area (Å²) in [6.07, 6.45) is 3.62. The molecule has 0 amide bonds. The van der Waals surface area contributed by atoms with Crippen LogP contribution in [-0.4, -0.2) is 25.8 Å². The summed E-state index contributed by atoms with van der Waals surface area (Å²) >= 11 is 0. The summed E-state index contributed by atoms with van der Waals surface area (Å²) in [5.74, 6) is 1.26. The normalized spacial score (nSPS) is 37.4. The molecule has 1 rings (SSSR count). The first-order valence-electron chi connectivity index (χ1n) is 5.17. The number of nitrogens with two attached hydrogens (primary N) is 2. The summed E-state index contributed by atoms with van der Waals surface area (Å²) in [4.78, 5) is 0. The first-order valence-corrected chi connectivity index (χ1v) is 5.17. The summed E-state index contributed by atoms with van der Waals surface area (Å²) < 4.78 is 5.38. The first kappa shape index (κ1) is 11.0. The van der Waals surface area contributed by atoms with Crippen molar-refractivity contribution in [2.75, 3.05) is 13.7 Å². The van der Waals surface area contributed by atoms with Crippen molar-refractivity contribution < 1.29 is 4.74 Å². The smallest absolute Gasteiger partial charge is 0.0724 e. The number of hydrogen-bond donors (Lipinski definition) is 2. The van der Waals surface area contributed by atoms with Crippen molar-refractivity contribution in [1.82, 2.24) is 0 Å². The third-order valence-corrected chi connectivity index (χ3v) is 3.29. The molecule has 1 fully saturated rings. The second-order valence-corrected chi connectivity index (χ2v) is 4.22. The highest BCUT2D eigenvalue weighted by atomic mass is 16.5. The predicted octanol–water partition coefficient (Wildman–Crippen LogP) is 0.724. The number of rotatable bonds is 3. The van der Waals surface area contributed by atoms with Gasteiger partial charge < -0.3 is 16.2 Å². The summed E-state index contributed by atoms with van der Waals surface area (Å²) in [7, 11) is 1.75. The average Bonchev–Trinajstić information content (AvgIpc) is 2.10. The van der Waals surface area contributed by atoms with E-state index in [0.29, 0.717) is 24.4 Å². The zero-order valence-electron chi connectivity index (χ0n) is 8.70. The fourth-order valence-corrected chi connectivity index (χ4v) is 2.46. The molecule has 1 saturated carbocycles. The lowest BCUT2D eigenvalue weighted by Gasteiger charge is -2.36. The van der Waals surface area contributed by atoms with Crippen LogP contribution in [0.2, 0.25) is 0 Å². The minimum absolute atomic E-state index is 0.225. The van der Waals surface area contributed by atoms with E-state index in [1.807, 2.05) is 0 Å². The van der Waals surface area contributed by atoms with Crippen LogP contribution >= 0.6 is 0 Å². The van der Waals surface area contributed by atoms with Gasteiger partial charge in [0.05, 0.1) is 6.10 Å². The van der Waals surface area contributed by atoms with E-state index in [4.69, 9.17) is 16.2 Å². The van der Waals surface area contributed by atoms with Crippen molar-refractivity contribution in [2.24, 2.45) is 23.3 Å². The molecule has 0 spiro atoms. The Labute approximate surface area is 80.8 Å². The van der Waals surface area contributed by atoms with E-state index in [1.54, 1.807) is 7.11 Å². The van der Waals surface area contributed by atoms with E-state index in [-0.39, 0.29) is 6.10 Å². The van der Waals surface area contributed by atoms with Crippen LogP contribution in [0.25, 0.3) is 0 Å². The van der Waals surface area contributed by atoms with Crippen molar-refractivity contribution in [3.05, 3.63) is 0 Å². The van der Waals surface area contributed by atoms with Crippen LogP contribution in [0.5, 0.6) is 0 Å². The maximum Gasteiger partial charge on any atom is 0.0724 e. The van der Waals surface area contributed by atoms with Gasteiger partial charge >= 0.3 is 0 Å². The summed E-state index contributed by atoms with van der Waals surface area (Å²) in [6.45, 7) is 2.88. The maximum atomic E-state index is 5.90. The van der Waals surface area contributed by atoms with Crippen molar-refractivity contribution in [2.45, 2.75) is 38.3 Å². The topological polar surface area (TPSA) is 61.3 Å². The Hall–Kier alpha value is -0.120. The largest absolute Gasteiger partial charge is 0.380 e. The fourth-order valence-electron chi connectivity index (χ4n) is 2.46. The Morgan fingerprint density at radius 1 is 1.46 bits per heavy atom. The van der Waals surface area contributed by atoms with Crippen LogP contribution in [0.3, 0.4) is 0 Å². The minimum Gasteiger partial charge on any atom is -0.380 e. The molecular weight excluding hydrogens is 164 g/mol. The molecule has 4 atom stereocenters. The van der Waals surface area contributed by atoms with Crippen molar-refractivity contribution in [3.8, 4) is 0 Å². The molecular formula is C10H22N2O. The zero-order chi connectivity index (χ0) is 9.84. The SMILES string of the molecule is COC(CN)C1CCC(N)CC1C. The predicted molar refractivity (Wildman–Crippen MR) is 54.3 cm³/mol. The molecule has 3 nitrogen and oxygen atoms in total. The van der Waals surface area contributed by atoms with Crippen molar-refractivity contribution >= 4 is 0 Å². The lowest BCUT2D eigenvalue weighted by atomic mass is 9.75. The maximum absolute atomic E-state index is 5.90. The second-order valence-electron chi connectivity index (χ2n) is 4.22. The van der Waals surface area contributed by atoms with E-state index in [1.165, 1.54) is 0 Å². The third-order valence-electron chi connectivity index (χ3n) is 3.29. The van der Waals surface area contributed by atoms with E-state index < -0.39 is 0 Å². The fraction of sp³-hybridized carbons (Fsp3) is 1.00. The number of methoxy groups -OCH3 is 1. The summed E-state index contributed by atoms with van der Waals surface area (Å²) in [5, 5.41) is 0. The van der Waals surface area contributed by atoms with Gasteiger partial charge in [0, 0.05) is 19.7 Å². The molecule has 0 bridgehead atoms. The zero-order valence-corrected chi connectivity index (χ0v) is 8.70. The van der Waals surface area contributed by atoms with Gasteiger partial charge in [0.1, 0.15) is 0 Å². The molecule has 0 aromatic carbocycles. The molecule has 0 aliphatic heterocycles. The van der Waals surface area contributed by atoms with Gasteiger partial charge in [-0.3, -0.25) is 0 Å². The minimum atomic E-state index is 0.225. The van der Waals surface area contributed by atoms with Gasteiger partial charge in [-0.1, -0.05) is 6.92 Å².